The van der Waals surface area contributed by atoms with Crippen molar-refractivity contribution in [3.8, 4) is 5.75 Å². The highest BCUT2D eigenvalue weighted by Crippen LogP contribution is 2.37. The van der Waals surface area contributed by atoms with Crippen LogP contribution in [-0.4, -0.2) is 28.4 Å². The van der Waals surface area contributed by atoms with Gasteiger partial charge in [-0.05, 0) is 57.4 Å². The number of rotatable bonds is 4. The lowest BCUT2D eigenvalue weighted by atomic mass is 9.85. The maximum Gasteiger partial charge on any atom is 0.331 e. The van der Waals surface area contributed by atoms with Gasteiger partial charge in [0.15, 0.2) is 0 Å². The first kappa shape index (κ1) is 17.3. The number of phenols is 1. The number of ether oxygens (including phenoxy) is 2. The number of phenolic OH excluding ortho intramolecular Hbond substituents is 1. The molecule has 0 bridgehead atoms. The van der Waals surface area contributed by atoms with E-state index in [2.05, 4.69) is 6.58 Å². The van der Waals surface area contributed by atoms with Crippen LogP contribution in [-0.2, 0) is 14.3 Å². The third kappa shape index (κ3) is 4.45. The fourth-order valence-electron chi connectivity index (χ4n) is 2.76. The van der Waals surface area contributed by atoms with E-state index in [1.54, 1.807) is 36.4 Å². The molecule has 0 aliphatic carbocycles. The average molecular weight is 316 g/mol. The van der Waals surface area contributed by atoms with Crippen molar-refractivity contribution < 1.29 is 19.4 Å². The summed E-state index contributed by atoms with van der Waals surface area (Å²) in [6.45, 7) is 9.66. The van der Waals surface area contributed by atoms with Crippen molar-refractivity contribution in [1.82, 2.24) is 0 Å². The fourth-order valence-corrected chi connectivity index (χ4v) is 2.76. The zero-order valence-electron chi connectivity index (χ0n) is 13.9. The van der Waals surface area contributed by atoms with E-state index in [-0.39, 0.29) is 17.5 Å². The molecule has 2 rings (SSSR count). The predicted molar refractivity (Wildman–Crippen MR) is 90.0 cm³/mol. The van der Waals surface area contributed by atoms with Crippen molar-refractivity contribution in [2.75, 3.05) is 0 Å². The van der Waals surface area contributed by atoms with Crippen LogP contribution in [0, 0.1) is 0 Å². The molecular formula is C19H24O4. The molecule has 1 N–H and O–H groups in total. The first-order valence-electron chi connectivity index (χ1n) is 7.76. The lowest BCUT2D eigenvalue weighted by Crippen LogP contribution is -2.52. The molecule has 0 saturated carbocycles. The SMILES string of the molecule is C=CC1(C)CCC(OC(=O)/C=C/c2ccc(O)cc2)C(C)(C)O1. The van der Waals surface area contributed by atoms with Gasteiger partial charge in [-0.15, -0.1) is 6.58 Å². The average Bonchev–Trinajstić information content (AvgIpc) is 2.49. The first-order valence-corrected chi connectivity index (χ1v) is 7.76. The lowest BCUT2D eigenvalue weighted by molar-refractivity contribution is -0.210. The molecule has 0 amide bonds. The van der Waals surface area contributed by atoms with E-state index in [1.807, 2.05) is 20.8 Å². The summed E-state index contributed by atoms with van der Waals surface area (Å²) >= 11 is 0. The number of carbonyl (C=O) groups is 1. The van der Waals surface area contributed by atoms with E-state index >= 15 is 0 Å². The topological polar surface area (TPSA) is 55.8 Å². The summed E-state index contributed by atoms with van der Waals surface area (Å²) in [5.41, 5.74) is -0.129. The Morgan fingerprint density at radius 3 is 2.57 bits per heavy atom. The van der Waals surface area contributed by atoms with Gasteiger partial charge < -0.3 is 14.6 Å². The van der Waals surface area contributed by atoms with Crippen LogP contribution in [0.25, 0.3) is 6.08 Å². The normalized spacial score (nSPS) is 26.8. The molecule has 1 aliphatic heterocycles. The van der Waals surface area contributed by atoms with Crippen LogP contribution in [0.15, 0.2) is 43.0 Å². The Kier molecular flexibility index (Phi) is 4.95. The Morgan fingerprint density at radius 1 is 1.35 bits per heavy atom. The zero-order valence-corrected chi connectivity index (χ0v) is 13.9. The molecule has 1 aliphatic rings. The minimum Gasteiger partial charge on any atom is -0.508 e. The van der Waals surface area contributed by atoms with Crippen LogP contribution in [0.2, 0.25) is 0 Å². The quantitative estimate of drug-likeness (QED) is 0.521. The van der Waals surface area contributed by atoms with Gasteiger partial charge in [0.05, 0.1) is 5.60 Å². The van der Waals surface area contributed by atoms with E-state index in [0.29, 0.717) is 0 Å². The second-order valence-corrected chi connectivity index (χ2v) is 6.61. The molecule has 0 spiro atoms. The number of benzene rings is 1. The smallest absolute Gasteiger partial charge is 0.331 e. The Bertz CT molecular complexity index is 600. The maximum absolute atomic E-state index is 12.0. The Hall–Kier alpha value is -2.07. The minimum atomic E-state index is -0.566. The fraction of sp³-hybridized carbons (Fsp3) is 0.421. The van der Waals surface area contributed by atoms with Crippen molar-refractivity contribution in [2.24, 2.45) is 0 Å². The molecule has 0 radical (unpaired) electrons. The molecule has 1 aromatic rings. The maximum atomic E-state index is 12.0. The van der Waals surface area contributed by atoms with E-state index in [1.165, 1.54) is 6.08 Å². The van der Waals surface area contributed by atoms with Crippen LogP contribution in [0.5, 0.6) is 5.75 Å². The summed E-state index contributed by atoms with van der Waals surface area (Å²) in [4.78, 5) is 12.0. The summed E-state index contributed by atoms with van der Waals surface area (Å²) in [6.07, 6.45) is 6.05. The third-order valence-electron chi connectivity index (χ3n) is 4.17. The standard InChI is InChI=1S/C19H24O4/c1-5-19(4)13-12-16(18(2,3)23-19)22-17(21)11-8-14-6-9-15(20)10-7-14/h5-11,16,20H,1,12-13H2,2-4H3/b11-8+. The molecule has 4 heteroatoms. The zero-order chi connectivity index (χ0) is 17.1. The van der Waals surface area contributed by atoms with Crippen LogP contribution in [0.4, 0.5) is 0 Å². The van der Waals surface area contributed by atoms with Crippen LogP contribution >= 0.6 is 0 Å². The van der Waals surface area contributed by atoms with Crippen molar-refractivity contribution in [2.45, 2.75) is 50.9 Å². The van der Waals surface area contributed by atoms with Crippen molar-refractivity contribution in [1.29, 1.82) is 0 Å². The van der Waals surface area contributed by atoms with E-state index in [0.717, 1.165) is 18.4 Å². The van der Waals surface area contributed by atoms with Crippen LogP contribution in [0.1, 0.15) is 39.2 Å². The molecule has 1 fully saturated rings. The predicted octanol–water partition coefficient (Wildman–Crippen LogP) is 3.85. The summed E-state index contributed by atoms with van der Waals surface area (Å²) < 4.78 is 11.6. The highest BCUT2D eigenvalue weighted by molar-refractivity contribution is 5.87. The highest BCUT2D eigenvalue weighted by atomic mass is 16.6. The Balaban J connectivity index is 1.97. The summed E-state index contributed by atoms with van der Waals surface area (Å²) in [5, 5.41) is 9.23. The number of hydrogen-bond donors (Lipinski definition) is 1. The molecule has 0 aromatic heterocycles. The van der Waals surface area contributed by atoms with Gasteiger partial charge in [-0.2, -0.15) is 0 Å². The Morgan fingerprint density at radius 2 is 2.00 bits per heavy atom. The van der Waals surface area contributed by atoms with Crippen molar-refractivity contribution in [3.05, 3.63) is 48.6 Å². The third-order valence-corrected chi connectivity index (χ3v) is 4.17. The molecule has 2 atom stereocenters. The number of aromatic hydroxyl groups is 1. The van der Waals surface area contributed by atoms with Crippen LogP contribution in [0.3, 0.4) is 0 Å². The lowest BCUT2D eigenvalue weighted by Gasteiger charge is -2.46. The summed E-state index contributed by atoms with van der Waals surface area (Å²) in [7, 11) is 0. The van der Waals surface area contributed by atoms with E-state index < -0.39 is 11.6 Å². The van der Waals surface area contributed by atoms with Gasteiger partial charge in [0.25, 0.3) is 0 Å². The van der Waals surface area contributed by atoms with Crippen molar-refractivity contribution in [3.63, 3.8) is 0 Å². The van der Waals surface area contributed by atoms with Gasteiger partial charge >= 0.3 is 5.97 Å². The second-order valence-electron chi connectivity index (χ2n) is 6.61. The van der Waals surface area contributed by atoms with E-state index in [9.17, 15) is 9.90 Å². The number of hydrogen-bond acceptors (Lipinski definition) is 4. The molecule has 1 saturated heterocycles. The van der Waals surface area contributed by atoms with Gasteiger partial charge in [-0.1, -0.05) is 18.2 Å². The number of carbonyl (C=O) groups excluding carboxylic acids is 1. The van der Waals surface area contributed by atoms with Crippen molar-refractivity contribution >= 4 is 12.0 Å². The van der Waals surface area contributed by atoms with Gasteiger partial charge in [0.2, 0.25) is 0 Å². The van der Waals surface area contributed by atoms with Gasteiger partial charge in [0, 0.05) is 6.08 Å². The minimum absolute atomic E-state index is 0.191. The molecular weight excluding hydrogens is 292 g/mol. The summed E-state index contributed by atoms with van der Waals surface area (Å²) in [5.74, 6) is -0.210. The monoisotopic (exact) mass is 316 g/mol. The van der Waals surface area contributed by atoms with Crippen LogP contribution < -0.4 is 0 Å². The number of esters is 1. The largest absolute Gasteiger partial charge is 0.508 e. The molecule has 2 unspecified atom stereocenters. The Labute approximate surface area is 137 Å². The first-order chi connectivity index (χ1) is 10.7. The van der Waals surface area contributed by atoms with E-state index in [4.69, 9.17) is 9.47 Å². The molecule has 124 valence electrons. The molecule has 1 heterocycles. The second kappa shape index (κ2) is 6.59. The molecule has 4 nitrogen and oxygen atoms in total. The van der Waals surface area contributed by atoms with Gasteiger partial charge in [0.1, 0.15) is 17.5 Å². The van der Waals surface area contributed by atoms with Gasteiger partial charge in [-0.3, -0.25) is 0 Å². The molecule has 1 aromatic carbocycles. The highest BCUT2D eigenvalue weighted by Gasteiger charge is 2.44. The van der Waals surface area contributed by atoms with Gasteiger partial charge in [-0.25, -0.2) is 4.79 Å². The molecule has 23 heavy (non-hydrogen) atoms. The summed E-state index contributed by atoms with van der Waals surface area (Å²) in [6, 6.07) is 6.59.